The molecule has 20 heavy (non-hydrogen) atoms. The minimum absolute atomic E-state index is 0.0937. The average molecular weight is 299 g/mol. The number of rotatable bonds is 5. The van der Waals surface area contributed by atoms with Gasteiger partial charge in [-0.1, -0.05) is 32.9 Å². The number of carboxylic acid groups (broad SMARTS) is 1. The van der Waals surface area contributed by atoms with E-state index in [1.54, 1.807) is 19.2 Å². The Bertz CT molecular complexity index is 587. The summed E-state index contributed by atoms with van der Waals surface area (Å²) in [6, 6.07) is 6.01. The molecule has 0 unspecified atom stereocenters. The smallest absolute Gasteiger partial charge is 0.335 e. The fourth-order valence-electron chi connectivity index (χ4n) is 1.88. The van der Waals surface area contributed by atoms with Crippen molar-refractivity contribution in [3.05, 3.63) is 35.4 Å². The third-order valence-electron chi connectivity index (χ3n) is 2.69. The van der Waals surface area contributed by atoms with Crippen LogP contribution in [0.5, 0.6) is 0 Å². The summed E-state index contributed by atoms with van der Waals surface area (Å²) in [5.41, 5.74) is 0.437. The van der Waals surface area contributed by atoms with Crippen LogP contribution in [0.3, 0.4) is 0 Å². The van der Waals surface area contributed by atoms with Crippen molar-refractivity contribution in [2.75, 3.05) is 13.6 Å². The first kappa shape index (κ1) is 16.7. The predicted octanol–water partition coefficient (Wildman–Crippen LogP) is 2.19. The van der Waals surface area contributed by atoms with Gasteiger partial charge in [-0.2, -0.15) is 0 Å². The summed E-state index contributed by atoms with van der Waals surface area (Å²) in [4.78, 5) is 10.9. The zero-order valence-corrected chi connectivity index (χ0v) is 13.1. The van der Waals surface area contributed by atoms with Crippen LogP contribution in [0.4, 0.5) is 0 Å². The lowest BCUT2D eigenvalue weighted by atomic mass is 9.97. The minimum Gasteiger partial charge on any atom is -0.478 e. The minimum atomic E-state index is -3.45. The van der Waals surface area contributed by atoms with Gasteiger partial charge in [0.25, 0.3) is 0 Å². The molecule has 0 amide bonds. The molecule has 5 nitrogen and oxygen atoms in total. The standard InChI is InChI=1S/C14H21NO4S/c1-14(2,3)10-15(4)20(18,19)9-11-6-5-7-12(8-11)13(16)17/h5-8H,9-10H2,1-4H3,(H,16,17). The number of sulfonamides is 1. The molecule has 6 heteroatoms. The molecule has 0 fully saturated rings. The van der Waals surface area contributed by atoms with Gasteiger partial charge in [0.15, 0.2) is 0 Å². The van der Waals surface area contributed by atoms with Crippen molar-refractivity contribution in [1.82, 2.24) is 4.31 Å². The fourth-order valence-corrected chi connectivity index (χ4v) is 3.29. The molecule has 0 aromatic heterocycles. The number of benzene rings is 1. The molecule has 112 valence electrons. The van der Waals surface area contributed by atoms with E-state index in [0.29, 0.717) is 12.1 Å². The van der Waals surface area contributed by atoms with Crippen molar-refractivity contribution in [3.8, 4) is 0 Å². The van der Waals surface area contributed by atoms with Gasteiger partial charge in [0.05, 0.1) is 11.3 Å². The Balaban J connectivity index is 2.91. The Hall–Kier alpha value is -1.40. The van der Waals surface area contributed by atoms with Crippen LogP contribution >= 0.6 is 0 Å². The monoisotopic (exact) mass is 299 g/mol. The number of nitrogens with zero attached hydrogens (tertiary/aromatic N) is 1. The third kappa shape index (κ3) is 4.94. The van der Waals surface area contributed by atoms with Gasteiger partial charge in [0, 0.05) is 13.6 Å². The summed E-state index contributed by atoms with van der Waals surface area (Å²) in [7, 11) is -1.91. The first-order valence-electron chi connectivity index (χ1n) is 6.27. The molecule has 0 saturated heterocycles. The van der Waals surface area contributed by atoms with E-state index >= 15 is 0 Å². The van der Waals surface area contributed by atoms with E-state index in [0.717, 1.165) is 0 Å². The van der Waals surface area contributed by atoms with Crippen LogP contribution in [0, 0.1) is 5.41 Å². The maximum atomic E-state index is 12.2. The van der Waals surface area contributed by atoms with Crippen LogP contribution < -0.4 is 0 Å². The van der Waals surface area contributed by atoms with Crippen molar-refractivity contribution in [2.45, 2.75) is 26.5 Å². The van der Waals surface area contributed by atoms with E-state index in [1.807, 2.05) is 20.8 Å². The highest BCUT2D eigenvalue weighted by molar-refractivity contribution is 7.88. The van der Waals surface area contributed by atoms with Gasteiger partial charge in [-0.25, -0.2) is 17.5 Å². The third-order valence-corrected chi connectivity index (χ3v) is 4.47. The zero-order chi connectivity index (χ0) is 15.6. The van der Waals surface area contributed by atoms with Gasteiger partial charge in [0.2, 0.25) is 10.0 Å². The van der Waals surface area contributed by atoms with E-state index in [-0.39, 0.29) is 16.7 Å². The lowest BCUT2D eigenvalue weighted by molar-refractivity contribution is 0.0696. The van der Waals surface area contributed by atoms with Gasteiger partial charge < -0.3 is 5.11 Å². The Labute approximate surface area is 120 Å². The normalized spacial score (nSPS) is 12.7. The highest BCUT2D eigenvalue weighted by atomic mass is 32.2. The maximum absolute atomic E-state index is 12.2. The molecule has 0 aliphatic rings. The van der Waals surface area contributed by atoms with Crippen LogP contribution in [0.15, 0.2) is 24.3 Å². The average Bonchev–Trinajstić information content (AvgIpc) is 2.26. The van der Waals surface area contributed by atoms with Crippen molar-refractivity contribution < 1.29 is 18.3 Å². The first-order chi connectivity index (χ1) is 9.01. The summed E-state index contributed by atoms with van der Waals surface area (Å²) in [5, 5.41) is 8.91. The first-order valence-corrected chi connectivity index (χ1v) is 7.88. The molecule has 1 rings (SSSR count). The number of hydrogen-bond acceptors (Lipinski definition) is 3. The molecule has 1 N–H and O–H groups in total. The molecule has 0 spiro atoms. The van der Waals surface area contributed by atoms with Crippen molar-refractivity contribution in [1.29, 1.82) is 0 Å². The highest BCUT2D eigenvalue weighted by Gasteiger charge is 2.23. The summed E-state index contributed by atoms with van der Waals surface area (Å²) >= 11 is 0. The van der Waals surface area contributed by atoms with E-state index < -0.39 is 16.0 Å². The molecule has 0 aliphatic heterocycles. The molecule has 1 aromatic rings. The Kier molecular flexibility index (Phi) is 4.94. The van der Waals surface area contributed by atoms with E-state index in [9.17, 15) is 13.2 Å². The van der Waals surface area contributed by atoms with E-state index in [4.69, 9.17) is 5.11 Å². The fraction of sp³-hybridized carbons (Fsp3) is 0.500. The number of carboxylic acids is 1. The van der Waals surface area contributed by atoms with Gasteiger partial charge in [0.1, 0.15) is 0 Å². The molecule has 0 bridgehead atoms. The predicted molar refractivity (Wildman–Crippen MR) is 78.1 cm³/mol. The molecule has 0 aliphatic carbocycles. The van der Waals surface area contributed by atoms with Gasteiger partial charge in [-0.15, -0.1) is 0 Å². The molecule has 1 aromatic carbocycles. The molecule has 0 radical (unpaired) electrons. The van der Waals surface area contributed by atoms with Crippen LogP contribution in [-0.4, -0.2) is 37.4 Å². The molecular weight excluding hydrogens is 278 g/mol. The van der Waals surface area contributed by atoms with Crippen molar-refractivity contribution in [3.63, 3.8) is 0 Å². The summed E-state index contributed by atoms with van der Waals surface area (Å²) in [5.74, 6) is -1.26. The number of aromatic carboxylic acids is 1. The molecule has 0 heterocycles. The molecular formula is C14H21NO4S. The number of carbonyl (C=O) groups is 1. The van der Waals surface area contributed by atoms with Gasteiger partial charge in [-0.05, 0) is 23.1 Å². The maximum Gasteiger partial charge on any atom is 0.335 e. The lowest BCUT2D eigenvalue weighted by Crippen LogP contribution is -2.35. The second-order valence-corrected chi connectivity index (χ2v) is 8.15. The molecule has 0 atom stereocenters. The van der Waals surface area contributed by atoms with Crippen LogP contribution in [0.2, 0.25) is 0 Å². The van der Waals surface area contributed by atoms with Crippen molar-refractivity contribution >= 4 is 16.0 Å². The lowest BCUT2D eigenvalue weighted by Gasteiger charge is -2.26. The zero-order valence-electron chi connectivity index (χ0n) is 12.3. The second kappa shape index (κ2) is 5.93. The van der Waals surface area contributed by atoms with Gasteiger partial charge >= 0.3 is 5.97 Å². The molecule has 0 saturated carbocycles. The topological polar surface area (TPSA) is 74.7 Å². The van der Waals surface area contributed by atoms with Crippen LogP contribution in [0.25, 0.3) is 0 Å². The number of hydrogen-bond donors (Lipinski definition) is 1. The second-order valence-electron chi connectivity index (χ2n) is 6.08. The summed E-state index contributed by atoms with van der Waals surface area (Å²) in [6.07, 6.45) is 0. The Morgan fingerprint density at radius 1 is 1.30 bits per heavy atom. The summed E-state index contributed by atoms with van der Waals surface area (Å²) in [6.45, 7) is 6.30. The highest BCUT2D eigenvalue weighted by Crippen LogP contribution is 2.18. The summed E-state index contributed by atoms with van der Waals surface area (Å²) < 4.78 is 25.8. The SMILES string of the molecule is CN(CC(C)(C)C)S(=O)(=O)Cc1cccc(C(=O)O)c1. The van der Waals surface area contributed by atoms with Crippen LogP contribution in [0.1, 0.15) is 36.7 Å². The van der Waals surface area contributed by atoms with Crippen molar-refractivity contribution in [2.24, 2.45) is 5.41 Å². The van der Waals surface area contributed by atoms with E-state index in [2.05, 4.69) is 0 Å². The van der Waals surface area contributed by atoms with Crippen LogP contribution in [-0.2, 0) is 15.8 Å². The van der Waals surface area contributed by atoms with Gasteiger partial charge in [-0.3, -0.25) is 0 Å². The Morgan fingerprint density at radius 3 is 2.40 bits per heavy atom. The quantitative estimate of drug-likeness (QED) is 0.904. The van der Waals surface area contributed by atoms with E-state index in [1.165, 1.54) is 16.4 Å². The Morgan fingerprint density at radius 2 is 1.90 bits per heavy atom. The largest absolute Gasteiger partial charge is 0.478 e.